The first-order valence-corrected chi connectivity index (χ1v) is 7.71. The van der Waals surface area contributed by atoms with E-state index in [0.717, 1.165) is 31.9 Å². The van der Waals surface area contributed by atoms with Crippen molar-refractivity contribution in [2.75, 3.05) is 38.1 Å². The van der Waals surface area contributed by atoms with Gasteiger partial charge in [0.05, 0.1) is 12.3 Å². The third-order valence-electron chi connectivity index (χ3n) is 3.91. The molecule has 1 N–H and O–H groups in total. The Morgan fingerprint density at radius 2 is 1.95 bits per heavy atom. The van der Waals surface area contributed by atoms with Crippen LogP contribution in [0.15, 0.2) is 24.3 Å². The van der Waals surface area contributed by atoms with Crippen LogP contribution in [0.5, 0.6) is 5.75 Å². The van der Waals surface area contributed by atoms with Crippen LogP contribution < -0.4 is 10.1 Å². The SMILES string of the molecule is CCOc1ccccc1NC(=O)N1CC(N(CC)CC)C1. The largest absolute Gasteiger partial charge is 0.492 e. The molecule has 0 unspecified atom stereocenters. The van der Waals surface area contributed by atoms with Crippen molar-refractivity contribution in [3.63, 3.8) is 0 Å². The molecule has 0 spiro atoms. The van der Waals surface area contributed by atoms with Crippen molar-refractivity contribution in [2.45, 2.75) is 26.8 Å². The number of para-hydroxylation sites is 2. The average Bonchev–Trinajstić information content (AvgIpc) is 2.44. The zero-order chi connectivity index (χ0) is 15.2. The van der Waals surface area contributed by atoms with Gasteiger partial charge in [-0.05, 0) is 32.1 Å². The zero-order valence-corrected chi connectivity index (χ0v) is 13.1. The third-order valence-corrected chi connectivity index (χ3v) is 3.91. The molecule has 0 aliphatic carbocycles. The molecule has 0 atom stereocenters. The van der Waals surface area contributed by atoms with E-state index in [2.05, 4.69) is 24.1 Å². The minimum atomic E-state index is -0.0504. The Morgan fingerprint density at radius 3 is 2.57 bits per heavy atom. The Bertz CT molecular complexity index is 468. The number of carbonyl (C=O) groups excluding carboxylic acids is 1. The van der Waals surface area contributed by atoms with E-state index in [1.54, 1.807) is 0 Å². The van der Waals surface area contributed by atoms with Crippen LogP contribution in [0.25, 0.3) is 0 Å². The molecule has 1 heterocycles. The number of anilines is 1. The fourth-order valence-corrected chi connectivity index (χ4v) is 2.64. The first-order valence-electron chi connectivity index (χ1n) is 7.71. The topological polar surface area (TPSA) is 44.8 Å². The fourth-order valence-electron chi connectivity index (χ4n) is 2.64. The zero-order valence-electron chi connectivity index (χ0n) is 13.1. The number of likely N-dealkylation sites (N-methyl/N-ethyl adjacent to an activating group) is 1. The van der Waals surface area contributed by atoms with E-state index in [-0.39, 0.29) is 6.03 Å². The number of hydrogen-bond acceptors (Lipinski definition) is 3. The summed E-state index contributed by atoms with van der Waals surface area (Å²) in [6.45, 7) is 10.5. The molecule has 2 amide bonds. The Labute approximate surface area is 126 Å². The van der Waals surface area contributed by atoms with Gasteiger partial charge >= 0.3 is 6.03 Å². The molecule has 21 heavy (non-hydrogen) atoms. The summed E-state index contributed by atoms with van der Waals surface area (Å²) in [6.07, 6.45) is 0. The summed E-state index contributed by atoms with van der Waals surface area (Å²) in [7, 11) is 0. The van der Waals surface area contributed by atoms with Crippen molar-refractivity contribution in [3.05, 3.63) is 24.3 Å². The van der Waals surface area contributed by atoms with Gasteiger partial charge in [0.1, 0.15) is 5.75 Å². The summed E-state index contributed by atoms with van der Waals surface area (Å²) >= 11 is 0. The van der Waals surface area contributed by atoms with Crippen LogP contribution in [-0.4, -0.2) is 54.7 Å². The van der Waals surface area contributed by atoms with E-state index in [1.807, 2.05) is 36.1 Å². The number of benzene rings is 1. The maximum atomic E-state index is 12.2. The molecule has 1 saturated heterocycles. The second-order valence-corrected chi connectivity index (χ2v) is 5.14. The highest BCUT2D eigenvalue weighted by Crippen LogP contribution is 2.25. The number of nitrogens with zero attached hydrogens (tertiary/aromatic N) is 2. The first-order chi connectivity index (χ1) is 10.2. The van der Waals surface area contributed by atoms with Crippen molar-refractivity contribution in [3.8, 4) is 5.75 Å². The lowest BCUT2D eigenvalue weighted by molar-refractivity contribution is 0.0685. The van der Waals surface area contributed by atoms with Crippen LogP contribution in [0.1, 0.15) is 20.8 Å². The summed E-state index contributed by atoms with van der Waals surface area (Å²) in [6, 6.07) is 7.98. The molecule has 0 radical (unpaired) electrons. The van der Waals surface area contributed by atoms with E-state index < -0.39 is 0 Å². The smallest absolute Gasteiger partial charge is 0.322 e. The van der Waals surface area contributed by atoms with Gasteiger partial charge in [-0.2, -0.15) is 0 Å². The van der Waals surface area contributed by atoms with E-state index in [9.17, 15) is 4.79 Å². The summed E-state index contributed by atoms with van der Waals surface area (Å²) in [5.74, 6) is 0.717. The normalized spacial score (nSPS) is 15.0. The van der Waals surface area contributed by atoms with Crippen molar-refractivity contribution >= 4 is 11.7 Å². The van der Waals surface area contributed by atoms with Gasteiger partial charge in [0, 0.05) is 19.1 Å². The Balaban J connectivity index is 1.89. The van der Waals surface area contributed by atoms with E-state index in [4.69, 9.17) is 4.74 Å². The number of rotatable bonds is 6. The Hall–Kier alpha value is -1.75. The lowest BCUT2D eigenvalue weighted by Gasteiger charge is -2.44. The van der Waals surface area contributed by atoms with E-state index in [0.29, 0.717) is 18.4 Å². The fraction of sp³-hybridized carbons (Fsp3) is 0.562. The molecule has 116 valence electrons. The lowest BCUT2D eigenvalue weighted by Crippen LogP contribution is -2.61. The maximum Gasteiger partial charge on any atom is 0.322 e. The van der Waals surface area contributed by atoms with E-state index in [1.165, 1.54) is 0 Å². The van der Waals surface area contributed by atoms with Gasteiger partial charge in [-0.1, -0.05) is 26.0 Å². The average molecular weight is 291 g/mol. The van der Waals surface area contributed by atoms with Crippen molar-refractivity contribution in [1.82, 2.24) is 9.80 Å². The summed E-state index contributed by atoms with van der Waals surface area (Å²) in [5, 5.41) is 2.94. The van der Waals surface area contributed by atoms with Gasteiger partial charge < -0.3 is 15.0 Å². The summed E-state index contributed by atoms with van der Waals surface area (Å²) < 4.78 is 5.52. The highest BCUT2D eigenvalue weighted by molar-refractivity contribution is 5.91. The molecule has 0 bridgehead atoms. The minimum absolute atomic E-state index is 0.0504. The van der Waals surface area contributed by atoms with Crippen LogP contribution in [0.2, 0.25) is 0 Å². The molecule has 0 saturated carbocycles. The van der Waals surface area contributed by atoms with Crippen LogP contribution in [0.3, 0.4) is 0 Å². The summed E-state index contributed by atoms with van der Waals surface area (Å²) in [5.41, 5.74) is 0.732. The van der Waals surface area contributed by atoms with Gasteiger partial charge in [-0.25, -0.2) is 4.79 Å². The molecule has 5 heteroatoms. The summed E-state index contributed by atoms with van der Waals surface area (Å²) in [4.78, 5) is 16.5. The van der Waals surface area contributed by atoms with Gasteiger partial charge in [0.15, 0.2) is 0 Å². The van der Waals surface area contributed by atoms with Gasteiger partial charge in [-0.3, -0.25) is 4.90 Å². The number of carbonyl (C=O) groups is 1. The van der Waals surface area contributed by atoms with Crippen molar-refractivity contribution < 1.29 is 9.53 Å². The maximum absolute atomic E-state index is 12.2. The Kier molecular flexibility index (Phi) is 5.44. The predicted molar refractivity (Wildman–Crippen MR) is 84.9 cm³/mol. The molecular formula is C16H25N3O2. The van der Waals surface area contributed by atoms with Gasteiger partial charge in [-0.15, -0.1) is 0 Å². The number of nitrogens with one attached hydrogen (secondary N) is 1. The first kappa shape index (κ1) is 15.6. The monoisotopic (exact) mass is 291 g/mol. The van der Waals surface area contributed by atoms with Gasteiger partial charge in [0.25, 0.3) is 0 Å². The molecule has 5 nitrogen and oxygen atoms in total. The number of amides is 2. The lowest BCUT2D eigenvalue weighted by atomic mass is 10.1. The molecule has 2 rings (SSSR count). The number of urea groups is 1. The number of ether oxygens (including phenoxy) is 1. The standard InChI is InChI=1S/C16H25N3O2/c1-4-18(5-2)13-11-19(12-13)16(20)17-14-9-7-8-10-15(14)21-6-3/h7-10,13H,4-6,11-12H2,1-3H3,(H,17,20). The molecule has 1 aliphatic heterocycles. The van der Waals surface area contributed by atoms with Crippen molar-refractivity contribution in [2.24, 2.45) is 0 Å². The molecule has 0 aromatic heterocycles. The van der Waals surface area contributed by atoms with Crippen LogP contribution in [0, 0.1) is 0 Å². The number of likely N-dealkylation sites (tertiary alicyclic amines) is 1. The van der Waals surface area contributed by atoms with Gasteiger partial charge in [0.2, 0.25) is 0 Å². The highest BCUT2D eigenvalue weighted by Gasteiger charge is 2.33. The molecule has 1 aliphatic rings. The molecule has 1 fully saturated rings. The Morgan fingerprint density at radius 1 is 1.29 bits per heavy atom. The highest BCUT2D eigenvalue weighted by atomic mass is 16.5. The predicted octanol–water partition coefficient (Wildman–Crippen LogP) is 2.64. The van der Waals surface area contributed by atoms with Crippen LogP contribution in [0.4, 0.5) is 10.5 Å². The van der Waals surface area contributed by atoms with Crippen LogP contribution >= 0.6 is 0 Å². The molecular weight excluding hydrogens is 266 g/mol. The van der Waals surface area contributed by atoms with E-state index >= 15 is 0 Å². The minimum Gasteiger partial charge on any atom is -0.492 e. The number of hydrogen-bond donors (Lipinski definition) is 1. The van der Waals surface area contributed by atoms with Crippen LogP contribution in [-0.2, 0) is 0 Å². The molecule has 1 aromatic carbocycles. The second kappa shape index (κ2) is 7.31. The second-order valence-electron chi connectivity index (χ2n) is 5.14. The molecule has 1 aromatic rings. The third kappa shape index (κ3) is 3.67. The van der Waals surface area contributed by atoms with Crippen molar-refractivity contribution in [1.29, 1.82) is 0 Å². The quantitative estimate of drug-likeness (QED) is 0.876.